The molecule has 0 atom stereocenters. The molecule has 0 bridgehead atoms. The van der Waals surface area contributed by atoms with E-state index < -0.39 is 0 Å². The summed E-state index contributed by atoms with van der Waals surface area (Å²) in [6.07, 6.45) is 0. The van der Waals surface area contributed by atoms with Gasteiger partial charge in [-0.15, -0.1) is 11.3 Å². The third-order valence-corrected chi connectivity index (χ3v) is 11.1. The van der Waals surface area contributed by atoms with Gasteiger partial charge in [0.25, 0.3) is 0 Å². The Morgan fingerprint density at radius 2 is 0.980 bits per heavy atom. The first kappa shape index (κ1) is 29.5. The second-order valence-electron chi connectivity index (χ2n) is 13.0. The Balaban J connectivity index is 1.14. The lowest BCUT2D eigenvalue weighted by Crippen LogP contribution is -2.11. The van der Waals surface area contributed by atoms with Crippen molar-refractivity contribution in [3.8, 4) is 27.9 Å². The van der Waals surface area contributed by atoms with Gasteiger partial charge in [-0.3, -0.25) is 0 Å². The van der Waals surface area contributed by atoms with Crippen LogP contribution < -0.4 is 4.90 Å². The number of rotatable bonds is 6. The lowest BCUT2D eigenvalue weighted by atomic mass is 10.00. The Morgan fingerprint density at radius 1 is 0.373 bits per heavy atom. The Bertz CT molecular complexity index is 2810. The molecule has 0 saturated carbocycles. The Kier molecular flexibility index (Phi) is 7.04. The Morgan fingerprint density at radius 3 is 1.76 bits per heavy atom. The van der Waals surface area contributed by atoms with Crippen molar-refractivity contribution in [3.05, 3.63) is 194 Å². The van der Waals surface area contributed by atoms with E-state index in [0.717, 1.165) is 22.7 Å². The molecule has 0 saturated heterocycles. The molecule has 0 aliphatic carbocycles. The summed E-state index contributed by atoms with van der Waals surface area (Å²) >= 11 is 1.85. The SMILES string of the molecule is c1ccc(-c2cccc(N(c3ccc4sc5ccccc5c4c3)c3ccccc3-c3ccc(-n4c5ccccc5c5ccccc54)cc3)c2)cc1. The topological polar surface area (TPSA) is 8.17 Å². The van der Waals surface area contributed by atoms with Crippen molar-refractivity contribution in [3.63, 3.8) is 0 Å². The fourth-order valence-corrected chi connectivity index (χ4v) is 8.73. The zero-order valence-electron chi connectivity index (χ0n) is 27.8. The number of fused-ring (bicyclic) bond motifs is 6. The fraction of sp³-hybridized carbons (Fsp3) is 0. The van der Waals surface area contributed by atoms with E-state index in [1.54, 1.807) is 0 Å². The average molecular weight is 669 g/mol. The van der Waals surface area contributed by atoms with Crippen LogP contribution in [0.2, 0.25) is 0 Å². The molecule has 2 aromatic heterocycles. The second kappa shape index (κ2) is 12.2. The van der Waals surface area contributed by atoms with Crippen molar-refractivity contribution in [2.24, 2.45) is 0 Å². The van der Waals surface area contributed by atoms with Crippen LogP contribution in [-0.2, 0) is 0 Å². The summed E-state index contributed by atoms with van der Waals surface area (Å²) in [5.74, 6) is 0. The van der Waals surface area contributed by atoms with Crippen molar-refractivity contribution in [1.82, 2.24) is 4.57 Å². The average Bonchev–Trinajstić information content (AvgIpc) is 3.74. The van der Waals surface area contributed by atoms with Gasteiger partial charge >= 0.3 is 0 Å². The number of aromatic nitrogens is 1. The highest BCUT2D eigenvalue weighted by Crippen LogP contribution is 2.44. The normalized spacial score (nSPS) is 11.5. The molecule has 2 nitrogen and oxygen atoms in total. The minimum Gasteiger partial charge on any atom is -0.310 e. The summed E-state index contributed by atoms with van der Waals surface area (Å²) in [7, 11) is 0. The van der Waals surface area contributed by atoms with Crippen LogP contribution in [0.25, 0.3) is 69.9 Å². The van der Waals surface area contributed by atoms with Crippen molar-refractivity contribution < 1.29 is 0 Å². The molecule has 2 heterocycles. The summed E-state index contributed by atoms with van der Waals surface area (Å²) in [5.41, 5.74) is 11.7. The van der Waals surface area contributed by atoms with Gasteiger partial charge < -0.3 is 9.47 Å². The molecule has 0 radical (unpaired) electrons. The van der Waals surface area contributed by atoms with Crippen LogP contribution in [-0.4, -0.2) is 4.57 Å². The van der Waals surface area contributed by atoms with Gasteiger partial charge in [-0.25, -0.2) is 0 Å². The maximum Gasteiger partial charge on any atom is 0.0541 e. The van der Waals surface area contributed by atoms with E-state index in [4.69, 9.17) is 0 Å². The summed E-state index contributed by atoms with van der Waals surface area (Å²) < 4.78 is 4.99. The molecule has 10 rings (SSSR count). The van der Waals surface area contributed by atoms with Crippen molar-refractivity contribution >= 4 is 70.4 Å². The van der Waals surface area contributed by atoms with Gasteiger partial charge in [-0.2, -0.15) is 0 Å². The van der Waals surface area contributed by atoms with E-state index in [-0.39, 0.29) is 0 Å². The second-order valence-corrected chi connectivity index (χ2v) is 14.0. The monoisotopic (exact) mass is 668 g/mol. The molecule has 3 heteroatoms. The third kappa shape index (κ3) is 5.01. The lowest BCUT2D eigenvalue weighted by Gasteiger charge is -2.28. The number of anilines is 3. The standard InChI is InChI=1S/C48H32N2S/c1-2-13-33(14-3-1)35-15-12-16-37(31-35)49(38-29-30-48-43(32-38)42-20-7-11-24-47(42)51-48)44-21-8-4-17-39(44)34-25-27-36(28-26-34)50-45-22-9-5-18-40(45)41-19-6-10-23-46(41)50/h1-32H. The molecule has 0 amide bonds. The lowest BCUT2D eigenvalue weighted by molar-refractivity contribution is 1.18. The molecule has 0 aliphatic heterocycles. The predicted molar refractivity (Wildman–Crippen MR) is 219 cm³/mol. The van der Waals surface area contributed by atoms with Gasteiger partial charge in [-0.1, -0.05) is 127 Å². The minimum atomic E-state index is 1.12. The summed E-state index contributed by atoms with van der Waals surface area (Å²) in [6, 6.07) is 70.4. The summed E-state index contributed by atoms with van der Waals surface area (Å²) in [5, 5.41) is 5.12. The van der Waals surface area contributed by atoms with Gasteiger partial charge in [0.05, 0.1) is 16.7 Å². The largest absolute Gasteiger partial charge is 0.310 e. The minimum absolute atomic E-state index is 1.12. The molecular weight excluding hydrogens is 637 g/mol. The van der Waals surface area contributed by atoms with E-state index >= 15 is 0 Å². The molecule has 0 aliphatic rings. The van der Waals surface area contributed by atoms with Crippen molar-refractivity contribution in [2.75, 3.05) is 4.90 Å². The highest BCUT2D eigenvalue weighted by Gasteiger charge is 2.19. The van der Waals surface area contributed by atoms with Gasteiger partial charge in [-0.05, 0) is 83.4 Å². The van der Waals surface area contributed by atoms with E-state index in [9.17, 15) is 0 Å². The summed E-state index contributed by atoms with van der Waals surface area (Å²) in [4.78, 5) is 2.43. The molecule has 0 fully saturated rings. The number of hydrogen-bond acceptors (Lipinski definition) is 2. The van der Waals surface area contributed by atoms with Crippen LogP contribution in [0.1, 0.15) is 0 Å². The molecule has 0 unspecified atom stereocenters. The quantitative estimate of drug-likeness (QED) is 0.171. The van der Waals surface area contributed by atoms with E-state index in [0.29, 0.717) is 0 Å². The predicted octanol–water partition coefficient (Wildman–Crippen LogP) is 14.0. The van der Waals surface area contributed by atoms with E-state index in [1.165, 1.54) is 64.2 Å². The zero-order valence-corrected chi connectivity index (χ0v) is 28.6. The number of thiophene rings is 1. The number of nitrogens with zero attached hydrogens (tertiary/aromatic N) is 2. The first-order valence-corrected chi connectivity index (χ1v) is 18.2. The third-order valence-electron chi connectivity index (χ3n) is 9.99. The molecule has 0 spiro atoms. The van der Waals surface area contributed by atoms with Gasteiger partial charge in [0, 0.05) is 53.6 Å². The number of hydrogen-bond donors (Lipinski definition) is 0. The van der Waals surface area contributed by atoms with Crippen LogP contribution in [0, 0.1) is 0 Å². The van der Waals surface area contributed by atoms with E-state index in [1.807, 2.05) is 11.3 Å². The molecular formula is C48H32N2S. The fourth-order valence-electron chi connectivity index (χ4n) is 7.64. The smallest absolute Gasteiger partial charge is 0.0541 e. The van der Waals surface area contributed by atoms with Crippen molar-refractivity contribution in [2.45, 2.75) is 0 Å². The molecule has 240 valence electrons. The van der Waals surface area contributed by atoms with Crippen LogP contribution in [0.3, 0.4) is 0 Å². The first-order valence-electron chi connectivity index (χ1n) is 17.4. The molecule has 10 aromatic rings. The molecule has 51 heavy (non-hydrogen) atoms. The van der Waals surface area contributed by atoms with Crippen LogP contribution in [0.15, 0.2) is 194 Å². The van der Waals surface area contributed by atoms with Crippen molar-refractivity contribution in [1.29, 1.82) is 0 Å². The van der Waals surface area contributed by atoms with Gasteiger partial charge in [0.2, 0.25) is 0 Å². The highest BCUT2D eigenvalue weighted by molar-refractivity contribution is 7.25. The van der Waals surface area contributed by atoms with E-state index in [2.05, 4.69) is 204 Å². The van der Waals surface area contributed by atoms with Crippen LogP contribution in [0.5, 0.6) is 0 Å². The summed E-state index contributed by atoms with van der Waals surface area (Å²) in [6.45, 7) is 0. The first-order chi connectivity index (χ1) is 25.3. The Hall–Kier alpha value is -6.42. The van der Waals surface area contributed by atoms with Crippen LogP contribution >= 0.6 is 11.3 Å². The molecule has 8 aromatic carbocycles. The van der Waals surface area contributed by atoms with Gasteiger partial charge in [0.15, 0.2) is 0 Å². The number of para-hydroxylation sites is 3. The zero-order chi connectivity index (χ0) is 33.7. The van der Waals surface area contributed by atoms with Gasteiger partial charge in [0.1, 0.15) is 0 Å². The van der Waals surface area contributed by atoms with Crippen LogP contribution in [0.4, 0.5) is 17.1 Å². The maximum absolute atomic E-state index is 2.43. The Labute approximate surface area is 300 Å². The number of benzene rings is 8. The maximum atomic E-state index is 2.43. The highest BCUT2D eigenvalue weighted by atomic mass is 32.1. The molecule has 0 N–H and O–H groups in total.